The highest BCUT2D eigenvalue weighted by atomic mass is 35.5. The number of hydrogen-bond donors (Lipinski definition) is 1. The first-order valence-electron chi connectivity index (χ1n) is 9.68. The van der Waals surface area contributed by atoms with Crippen LogP contribution in [0.3, 0.4) is 0 Å². The summed E-state index contributed by atoms with van der Waals surface area (Å²) in [5.74, 6) is -0.183. The van der Waals surface area contributed by atoms with Crippen molar-refractivity contribution in [2.45, 2.75) is 13.5 Å². The average Bonchev–Trinajstić information content (AvgIpc) is 3.23. The van der Waals surface area contributed by atoms with Crippen LogP contribution in [0.1, 0.15) is 27.2 Å². The summed E-state index contributed by atoms with van der Waals surface area (Å²) < 4.78 is 11.3. The third-order valence-electron chi connectivity index (χ3n) is 4.93. The van der Waals surface area contributed by atoms with E-state index < -0.39 is 5.97 Å². The molecule has 4 rings (SSSR count). The number of carboxylic acids is 1. The maximum Gasteiger partial charge on any atom is 0.358 e. The predicted octanol–water partition coefficient (Wildman–Crippen LogP) is 6.12. The van der Waals surface area contributed by atoms with E-state index in [1.54, 1.807) is 42.5 Å². The van der Waals surface area contributed by atoms with E-state index >= 15 is 0 Å². The minimum Gasteiger partial charge on any atom is -0.489 e. The van der Waals surface area contributed by atoms with E-state index in [4.69, 9.17) is 26.1 Å². The second-order valence-electron chi connectivity index (χ2n) is 7.12. The molecule has 0 saturated carbocycles. The SMILES string of the molecule is Cc1cc(OCc2cccc(C#N)c2)ccc1-c1onc(C(=O)O)c1-c1ccc(Cl)cc1. The fourth-order valence-corrected chi connectivity index (χ4v) is 3.51. The van der Waals surface area contributed by atoms with E-state index in [0.717, 1.165) is 11.1 Å². The van der Waals surface area contributed by atoms with Gasteiger partial charge in [-0.25, -0.2) is 4.79 Å². The molecule has 0 atom stereocenters. The molecule has 4 aromatic rings. The Morgan fingerprint density at radius 2 is 1.94 bits per heavy atom. The highest BCUT2D eigenvalue weighted by Crippen LogP contribution is 2.38. The number of nitriles is 1. The van der Waals surface area contributed by atoms with Gasteiger partial charge in [0.05, 0.1) is 17.2 Å². The zero-order chi connectivity index (χ0) is 22.7. The quantitative estimate of drug-likeness (QED) is 0.385. The Morgan fingerprint density at radius 3 is 2.62 bits per heavy atom. The topological polar surface area (TPSA) is 96.4 Å². The van der Waals surface area contributed by atoms with Crippen LogP contribution >= 0.6 is 11.6 Å². The average molecular weight is 445 g/mol. The smallest absolute Gasteiger partial charge is 0.358 e. The first-order valence-corrected chi connectivity index (χ1v) is 10.1. The Labute approximate surface area is 189 Å². The lowest BCUT2D eigenvalue weighted by atomic mass is 9.97. The minimum atomic E-state index is -1.18. The summed E-state index contributed by atoms with van der Waals surface area (Å²) in [6.07, 6.45) is 0. The van der Waals surface area contributed by atoms with Crippen LogP contribution < -0.4 is 4.74 Å². The maximum absolute atomic E-state index is 11.7. The van der Waals surface area contributed by atoms with Crippen molar-refractivity contribution in [1.29, 1.82) is 5.26 Å². The monoisotopic (exact) mass is 444 g/mol. The largest absolute Gasteiger partial charge is 0.489 e. The van der Waals surface area contributed by atoms with Gasteiger partial charge in [0, 0.05) is 10.6 Å². The van der Waals surface area contributed by atoms with Gasteiger partial charge >= 0.3 is 5.97 Å². The number of rotatable bonds is 6. The van der Waals surface area contributed by atoms with Gasteiger partial charge in [0.2, 0.25) is 0 Å². The van der Waals surface area contributed by atoms with Crippen LogP contribution in [-0.4, -0.2) is 16.2 Å². The number of aryl methyl sites for hydroxylation is 1. The van der Waals surface area contributed by atoms with Crippen molar-refractivity contribution < 1.29 is 19.2 Å². The summed E-state index contributed by atoms with van der Waals surface area (Å²) in [6.45, 7) is 2.20. The van der Waals surface area contributed by atoms with Crippen molar-refractivity contribution in [3.05, 3.63) is 94.1 Å². The zero-order valence-electron chi connectivity index (χ0n) is 17.0. The molecule has 6 nitrogen and oxygen atoms in total. The lowest BCUT2D eigenvalue weighted by Gasteiger charge is -2.10. The third kappa shape index (κ3) is 4.34. The number of benzene rings is 3. The number of carbonyl (C=O) groups is 1. The molecule has 0 amide bonds. The fraction of sp³-hybridized carbons (Fsp3) is 0.0800. The van der Waals surface area contributed by atoms with Gasteiger partial charge in [-0.3, -0.25) is 0 Å². The normalized spacial score (nSPS) is 10.5. The molecule has 0 bridgehead atoms. The zero-order valence-corrected chi connectivity index (χ0v) is 17.8. The Balaban J connectivity index is 1.65. The van der Waals surface area contributed by atoms with Gasteiger partial charge in [0.15, 0.2) is 11.5 Å². The molecule has 1 aromatic heterocycles. The van der Waals surface area contributed by atoms with Crippen LogP contribution in [0.2, 0.25) is 5.02 Å². The van der Waals surface area contributed by atoms with Crippen LogP contribution in [-0.2, 0) is 6.61 Å². The standard InChI is InChI=1S/C25H17ClN2O4/c1-15-11-20(31-14-17-4-2-3-16(12-17)13-27)9-10-21(15)24-22(23(25(29)30)28-32-24)18-5-7-19(26)8-6-18/h2-12H,14H2,1H3,(H,29,30). The summed E-state index contributed by atoms with van der Waals surface area (Å²) in [5, 5.41) is 22.9. The molecule has 0 radical (unpaired) electrons. The molecule has 0 saturated heterocycles. The van der Waals surface area contributed by atoms with Crippen LogP contribution in [0.4, 0.5) is 0 Å². The Hall–Kier alpha value is -4.08. The third-order valence-corrected chi connectivity index (χ3v) is 5.18. The van der Waals surface area contributed by atoms with E-state index in [2.05, 4.69) is 11.2 Å². The number of ether oxygens (including phenoxy) is 1. The fourth-order valence-electron chi connectivity index (χ4n) is 3.38. The summed E-state index contributed by atoms with van der Waals surface area (Å²) in [4.78, 5) is 11.7. The molecular formula is C25H17ClN2O4. The Morgan fingerprint density at radius 1 is 1.16 bits per heavy atom. The molecule has 3 aromatic carbocycles. The van der Waals surface area contributed by atoms with Gasteiger partial charge in [-0.1, -0.05) is 41.0 Å². The molecule has 1 N–H and O–H groups in total. The van der Waals surface area contributed by atoms with Crippen molar-refractivity contribution in [2.24, 2.45) is 0 Å². The predicted molar refractivity (Wildman–Crippen MR) is 120 cm³/mol. The van der Waals surface area contributed by atoms with E-state index in [1.165, 1.54) is 0 Å². The summed E-state index contributed by atoms with van der Waals surface area (Å²) >= 11 is 5.98. The number of hydrogen-bond acceptors (Lipinski definition) is 5. The lowest BCUT2D eigenvalue weighted by molar-refractivity contribution is 0.0686. The summed E-state index contributed by atoms with van der Waals surface area (Å²) in [7, 11) is 0. The van der Waals surface area contributed by atoms with Gasteiger partial charge in [-0.05, 0) is 66.1 Å². The maximum atomic E-state index is 11.7. The molecule has 7 heteroatoms. The summed E-state index contributed by atoms with van der Waals surface area (Å²) in [6, 6.07) is 21.6. The molecule has 0 fully saturated rings. The van der Waals surface area contributed by atoms with Crippen LogP contribution in [0, 0.1) is 18.3 Å². The highest BCUT2D eigenvalue weighted by molar-refractivity contribution is 6.30. The molecular weight excluding hydrogens is 428 g/mol. The summed E-state index contributed by atoms with van der Waals surface area (Å²) in [5.41, 5.74) is 3.85. The van der Waals surface area contributed by atoms with Crippen molar-refractivity contribution in [2.75, 3.05) is 0 Å². The van der Waals surface area contributed by atoms with Crippen LogP contribution in [0.25, 0.3) is 22.5 Å². The van der Waals surface area contributed by atoms with Gasteiger partial charge < -0.3 is 14.4 Å². The van der Waals surface area contributed by atoms with Crippen molar-refractivity contribution in [3.63, 3.8) is 0 Å². The molecule has 0 aliphatic heterocycles. The number of carboxylic acid groups (broad SMARTS) is 1. The van der Waals surface area contributed by atoms with Crippen LogP contribution in [0.5, 0.6) is 5.75 Å². The number of aromatic nitrogens is 1. The Bertz CT molecular complexity index is 1340. The van der Waals surface area contributed by atoms with Gasteiger partial charge in [0.25, 0.3) is 0 Å². The van der Waals surface area contributed by atoms with E-state index in [0.29, 0.717) is 45.4 Å². The van der Waals surface area contributed by atoms with Crippen molar-refractivity contribution in [3.8, 4) is 34.3 Å². The first kappa shape index (κ1) is 21.2. The molecule has 1 heterocycles. The van der Waals surface area contributed by atoms with E-state index in [9.17, 15) is 9.90 Å². The van der Waals surface area contributed by atoms with Gasteiger partial charge in [-0.2, -0.15) is 5.26 Å². The molecule has 0 unspecified atom stereocenters. The molecule has 0 spiro atoms. The molecule has 32 heavy (non-hydrogen) atoms. The van der Waals surface area contributed by atoms with Gasteiger partial charge in [0.1, 0.15) is 12.4 Å². The molecule has 0 aliphatic rings. The second-order valence-corrected chi connectivity index (χ2v) is 7.56. The van der Waals surface area contributed by atoms with Crippen molar-refractivity contribution in [1.82, 2.24) is 5.16 Å². The lowest BCUT2D eigenvalue weighted by Crippen LogP contribution is -1.99. The van der Waals surface area contributed by atoms with Crippen LogP contribution in [0.15, 0.2) is 71.3 Å². The highest BCUT2D eigenvalue weighted by Gasteiger charge is 2.25. The number of halogens is 1. The minimum absolute atomic E-state index is 0.167. The second kappa shape index (κ2) is 8.96. The van der Waals surface area contributed by atoms with Gasteiger partial charge in [-0.15, -0.1) is 0 Å². The number of nitrogens with zero attached hydrogens (tertiary/aromatic N) is 2. The first-order chi connectivity index (χ1) is 15.5. The van der Waals surface area contributed by atoms with E-state index in [1.807, 2.05) is 31.2 Å². The van der Waals surface area contributed by atoms with Crippen molar-refractivity contribution >= 4 is 17.6 Å². The molecule has 158 valence electrons. The Kier molecular flexibility index (Phi) is 5.93. The van der Waals surface area contributed by atoms with E-state index in [-0.39, 0.29) is 5.69 Å². The number of aromatic carboxylic acids is 1. The molecule has 0 aliphatic carbocycles.